The average Bonchev–Trinajstić information content (AvgIpc) is 3.33. The third kappa shape index (κ3) is 5.17. The van der Waals surface area contributed by atoms with Crippen LogP contribution < -0.4 is 14.8 Å². The number of nitrogens with one attached hydrogen (secondary N) is 1. The van der Waals surface area contributed by atoms with Crippen molar-refractivity contribution < 1.29 is 4.57 Å². The number of anilines is 1. The van der Waals surface area contributed by atoms with Gasteiger partial charge in [0, 0.05) is 54.4 Å². The Hall–Kier alpha value is -3.86. The lowest BCUT2D eigenvalue weighted by atomic mass is 10.0. The van der Waals surface area contributed by atoms with E-state index in [1.807, 2.05) is 11.8 Å². The fraction of sp³-hybridized carbons (Fsp3) is 0.194. The molecule has 200 valence electrons. The molecule has 0 saturated heterocycles. The minimum Gasteiger partial charge on any atom is -0.338 e. The van der Waals surface area contributed by atoms with Crippen molar-refractivity contribution in [1.29, 1.82) is 0 Å². The molecule has 0 amide bonds. The maximum absolute atomic E-state index is 3.70. The summed E-state index contributed by atoms with van der Waals surface area (Å²) in [7, 11) is 2.16. The number of aromatic nitrogens is 1. The number of para-hydroxylation sites is 3. The van der Waals surface area contributed by atoms with Crippen molar-refractivity contribution in [3.05, 3.63) is 125 Å². The molecule has 5 aromatic rings. The highest BCUT2D eigenvalue weighted by molar-refractivity contribution is 8.03. The van der Waals surface area contributed by atoms with Gasteiger partial charge in [-0.3, -0.25) is 0 Å². The normalized spacial score (nSPS) is 13.9. The highest BCUT2D eigenvalue weighted by Gasteiger charge is 2.25. The Labute approximate surface area is 242 Å². The quantitative estimate of drug-likeness (QED) is 0.198. The first kappa shape index (κ1) is 26.4. The molecule has 2 heterocycles. The van der Waals surface area contributed by atoms with Crippen molar-refractivity contribution in [2.45, 2.75) is 44.2 Å². The Balaban J connectivity index is 1.48. The van der Waals surface area contributed by atoms with Gasteiger partial charge in [-0.15, -0.1) is 0 Å². The lowest BCUT2D eigenvalue weighted by Gasteiger charge is -2.15. The fourth-order valence-electron chi connectivity index (χ4n) is 5.53. The molecule has 4 aromatic carbocycles. The maximum atomic E-state index is 3.70. The highest BCUT2D eigenvalue weighted by Crippen LogP contribution is 2.45. The van der Waals surface area contributed by atoms with Gasteiger partial charge in [-0.2, -0.15) is 4.57 Å². The number of benzene rings is 4. The molecule has 6 rings (SSSR count). The smallest absolute Gasteiger partial charge is 0.219 e. The van der Waals surface area contributed by atoms with Crippen LogP contribution in [0.3, 0.4) is 0 Å². The molecule has 1 N–H and O–H groups in total. The van der Waals surface area contributed by atoms with Crippen molar-refractivity contribution >= 4 is 34.4 Å². The van der Waals surface area contributed by atoms with Crippen molar-refractivity contribution in [2.75, 3.05) is 11.9 Å². The van der Waals surface area contributed by atoms with Gasteiger partial charge in [0.25, 0.3) is 0 Å². The van der Waals surface area contributed by atoms with Crippen LogP contribution in [-0.4, -0.2) is 13.1 Å². The average molecular weight is 543 g/mol. The van der Waals surface area contributed by atoms with Crippen LogP contribution in [0, 0.1) is 0 Å². The molecular weight excluding hydrogens is 506 g/mol. The van der Waals surface area contributed by atoms with E-state index < -0.39 is 0 Å². The van der Waals surface area contributed by atoms with Crippen molar-refractivity contribution in [3.8, 4) is 16.9 Å². The summed E-state index contributed by atoms with van der Waals surface area (Å²) < 4.78 is 2.40. The van der Waals surface area contributed by atoms with Gasteiger partial charge in [0.05, 0.1) is 16.1 Å². The van der Waals surface area contributed by atoms with E-state index in [1.165, 1.54) is 48.9 Å². The summed E-state index contributed by atoms with van der Waals surface area (Å²) in [6, 6.07) is 40.1. The molecule has 40 heavy (non-hydrogen) atoms. The summed E-state index contributed by atoms with van der Waals surface area (Å²) in [6.45, 7) is 5.39. The van der Waals surface area contributed by atoms with Crippen LogP contribution in [0.25, 0.3) is 33.9 Å². The second kappa shape index (κ2) is 11.7. The van der Waals surface area contributed by atoms with E-state index in [9.17, 15) is 0 Å². The molecule has 0 fully saturated rings. The zero-order chi connectivity index (χ0) is 27.5. The molecule has 1 aromatic heterocycles. The van der Waals surface area contributed by atoms with E-state index in [1.54, 1.807) is 0 Å². The summed E-state index contributed by atoms with van der Waals surface area (Å²) in [4.78, 5) is 3.60. The molecule has 0 atom stereocenters. The van der Waals surface area contributed by atoms with E-state index in [2.05, 4.69) is 151 Å². The predicted octanol–water partition coefficient (Wildman–Crippen LogP) is 8.60. The Bertz CT molecular complexity index is 1650. The largest absolute Gasteiger partial charge is 0.338 e. The number of hydrogen-bond acceptors (Lipinski definition) is 3. The van der Waals surface area contributed by atoms with E-state index in [0.29, 0.717) is 6.04 Å². The second-order valence-corrected chi connectivity index (χ2v) is 11.4. The molecule has 0 unspecified atom stereocenters. The van der Waals surface area contributed by atoms with Gasteiger partial charge in [0.1, 0.15) is 0 Å². The van der Waals surface area contributed by atoms with Crippen molar-refractivity contribution in [1.82, 2.24) is 5.32 Å². The van der Waals surface area contributed by atoms with Gasteiger partial charge in [-0.25, -0.2) is 0 Å². The summed E-state index contributed by atoms with van der Waals surface area (Å²) in [6.07, 6.45) is 4.65. The first-order chi connectivity index (χ1) is 19.7. The Kier molecular flexibility index (Phi) is 7.72. The summed E-state index contributed by atoms with van der Waals surface area (Å²) in [5.41, 5.74) is 8.53. The SMILES string of the molecule is CCC(CC)NCc1ccc(-c2cc(C=C3Sc4ccccc4N3C)c3ccccc3[n+]2-c2ccccc2)cc1. The lowest BCUT2D eigenvalue weighted by molar-refractivity contribution is -0.555. The summed E-state index contributed by atoms with van der Waals surface area (Å²) in [5, 5.41) is 6.17. The van der Waals surface area contributed by atoms with Crippen molar-refractivity contribution in [3.63, 3.8) is 0 Å². The molecule has 0 aliphatic carbocycles. The first-order valence-electron chi connectivity index (χ1n) is 14.2. The predicted molar refractivity (Wildman–Crippen MR) is 171 cm³/mol. The Morgan fingerprint density at radius 3 is 2.27 bits per heavy atom. The number of pyridine rings is 1. The zero-order valence-electron chi connectivity index (χ0n) is 23.5. The summed E-state index contributed by atoms with van der Waals surface area (Å²) in [5.74, 6) is 0. The van der Waals surface area contributed by atoms with Crippen LogP contribution in [0.1, 0.15) is 37.8 Å². The van der Waals surface area contributed by atoms with Gasteiger partial charge in [-0.1, -0.05) is 80.2 Å². The van der Waals surface area contributed by atoms with Crippen LogP contribution in [0.2, 0.25) is 0 Å². The van der Waals surface area contributed by atoms with Crippen LogP contribution in [-0.2, 0) is 6.54 Å². The van der Waals surface area contributed by atoms with E-state index in [0.717, 1.165) is 25.1 Å². The molecule has 1 aliphatic heterocycles. The topological polar surface area (TPSA) is 19.1 Å². The highest BCUT2D eigenvalue weighted by atomic mass is 32.2. The van der Waals surface area contributed by atoms with Crippen LogP contribution in [0.4, 0.5) is 5.69 Å². The van der Waals surface area contributed by atoms with Gasteiger partial charge in [-0.05, 0) is 60.4 Å². The van der Waals surface area contributed by atoms with E-state index in [-0.39, 0.29) is 0 Å². The number of thioether (sulfide) groups is 1. The van der Waals surface area contributed by atoms with Crippen LogP contribution >= 0.6 is 11.8 Å². The molecular formula is C36H36N3S+. The molecule has 0 bridgehead atoms. The van der Waals surface area contributed by atoms with E-state index in [4.69, 9.17) is 0 Å². The van der Waals surface area contributed by atoms with Gasteiger partial charge in [0.15, 0.2) is 0 Å². The number of hydrogen-bond donors (Lipinski definition) is 1. The number of fused-ring (bicyclic) bond motifs is 2. The molecule has 0 saturated carbocycles. The summed E-state index contributed by atoms with van der Waals surface area (Å²) >= 11 is 1.84. The minimum absolute atomic E-state index is 0.564. The van der Waals surface area contributed by atoms with Crippen LogP contribution in [0.15, 0.2) is 119 Å². The standard InChI is InChI=1S/C36H36N3S/c1-4-29(5-2)37-25-26-19-21-27(22-20-26)34-23-28(24-36-38(3)33-17-11-12-18-35(33)40-36)31-15-9-10-16-32(31)39(34)30-13-7-6-8-14-30/h6-24,29,37H,4-5,25H2,1-3H3/q+1. The molecule has 1 aliphatic rings. The molecule has 4 heteroatoms. The number of rotatable bonds is 8. The monoisotopic (exact) mass is 542 g/mol. The van der Waals surface area contributed by atoms with Gasteiger partial charge in [0.2, 0.25) is 16.9 Å². The van der Waals surface area contributed by atoms with Gasteiger partial charge < -0.3 is 10.2 Å². The molecule has 3 nitrogen and oxygen atoms in total. The number of nitrogens with zero attached hydrogens (tertiary/aromatic N) is 2. The lowest BCUT2D eigenvalue weighted by Crippen LogP contribution is -2.34. The Morgan fingerprint density at radius 1 is 0.825 bits per heavy atom. The fourth-order valence-corrected chi connectivity index (χ4v) is 6.63. The minimum atomic E-state index is 0.564. The molecule has 0 radical (unpaired) electrons. The maximum Gasteiger partial charge on any atom is 0.219 e. The first-order valence-corrected chi connectivity index (χ1v) is 15.1. The van der Waals surface area contributed by atoms with Gasteiger partial charge >= 0.3 is 0 Å². The van der Waals surface area contributed by atoms with E-state index >= 15 is 0 Å². The second-order valence-electron chi connectivity index (χ2n) is 10.4. The van der Waals surface area contributed by atoms with Crippen molar-refractivity contribution in [2.24, 2.45) is 0 Å². The zero-order valence-corrected chi connectivity index (χ0v) is 24.3. The molecule has 0 spiro atoms. The third-order valence-corrected chi connectivity index (χ3v) is 9.05. The third-order valence-electron chi connectivity index (χ3n) is 7.88. The van der Waals surface area contributed by atoms with Crippen LogP contribution in [0.5, 0.6) is 0 Å². The Morgan fingerprint density at radius 2 is 1.52 bits per heavy atom.